The summed E-state index contributed by atoms with van der Waals surface area (Å²) < 4.78 is 10.5. The highest BCUT2D eigenvalue weighted by Gasteiger charge is 2.29. The number of nitrogens with zero attached hydrogens (tertiary/aromatic N) is 1. The van der Waals surface area contributed by atoms with Gasteiger partial charge < -0.3 is 19.6 Å². The first kappa shape index (κ1) is 15.1. The molecule has 0 atom stereocenters. The highest BCUT2D eigenvalue weighted by Crippen LogP contribution is 2.31. The van der Waals surface area contributed by atoms with E-state index in [-0.39, 0.29) is 18.4 Å². The topological polar surface area (TPSA) is 80.2 Å². The molecule has 1 fully saturated rings. The molecule has 0 aliphatic heterocycles. The Labute approximate surface area is 143 Å². The molecule has 1 aliphatic rings. The molecule has 0 unspecified atom stereocenters. The Kier molecular flexibility index (Phi) is 3.90. The lowest BCUT2D eigenvalue weighted by Gasteiger charge is -2.06. The fourth-order valence-electron chi connectivity index (χ4n) is 2.53. The largest absolute Gasteiger partial charge is 0.486 e. The smallest absolute Gasteiger partial charge is 0.223 e. The second kappa shape index (κ2) is 6.20. The van der Waals surface area contributed by atoms with Gasteiger partial charge in [-0.15, -0.1) is 0 Å². The molecule has 2 heterocycles. The third-order valence-electron chi connectivity index (χ3n) is 4.00. The lowest BCUT2D eigenvalue weighted by atomic mass is 10.2. The van der Waals surface area contributed by atoms with Crippen molar-refractivity contribution >= 4 is 28.4 Å². The molecule has 0 spiro atoms. The van der Waals surface area contributed by atoms with Crippen LogP contribution >= 0.6 is 11.6 Å². The number of nitrogens with one attached hydrogen (secondary N) is 2. The van der Waals surface area contributed by atoms with E-state index in [1.807, 2.05) is 18.2 Å². The van der Waals surface area contributed by atoms with Gasteiger partial charge in [-0.3, -0.25) is 4.79 Å². The number of benzene rings is 1. The van der Waals surface area contributed by atoms with Crippen LogP contribution in [0.3, 0.4) is 0 Å². The van der Waals surface area contributed by atoms with Crippen molar-refractivity contribution in [3.63, 3.8) is 0 Å². The summed E-state index contributed by atoms with van der Waals surface area (Å²) in [5.41, 5.74) is 2.54. The lowest BCUT2D eigenvalue weighted by molar-refractivity contribution is -0.122. The van der Waals surface area contributed by atoms with Gasteiger partial charge in [0.05, 0.1) is 11.6 Å². The van der Waals surface area contributed by atoms with Crippen molar-refractivity contribution in [1.29, 1.82) is 0 Å². The maximum atomic E-state index is 11.7. The van der Waals surface area contributed by atoms with Crippen LogP contribution in [-0.4, -0.2) is 16.0 Å². The maximum Gasteiger partial charge on any atom is 0.223 e. The zero-order valence-electron chi connectivity index (χ0n) is 12.8. The molecule has 3 aromatic rings. The zero-order chi connectivity index (χ0) is 16.5. The number of aromatic amines is 1. The molecule has 1 aromatic carbocycles. The highest BCUT2D eigenvalue weighted by atomic mass is 35.5. The number of fused-ring (bicyclic) bond motifs is 1. The summed E-state index contributed by atoms with van der Waals surface area (Å²) in [5, 5.41) is 8.24. The van der Waals surface area contributed by atoms with Crippen molar-refractivity contribution in [2.45, 2.75) is 26.0 Å². The molecule has 124 valence electrons. The van der Waals surface area contributed by atoms with Crippen LogP contribution in [0.15, 0.2) is 35.1 Å². The van der Waals surface area contributed by atoms with Crippen molar-refractivity contribution < 1.29 is 14.1 Å². The van der Waals surface area contributed by atoms with Gasteiger partial charge in [-0.1, -0.05) is 16.8 Å². The van der Waals surface area contributed by atoms with Crippen molar-refractivity contribution in [2.24, 2.45) is 5.92 Å². The van der Waals surface area contributed by atoms with Gasteiger partial charge in [-0.05, 0) is 25.0 Å². The van der Waals surface area contributed by atoms with Gasteiger partial charge in [0.1, 0.15) is 24.3 Å². The summed E-state index contributed by atoms with van der Waals surface area (Å²) in [7, 11) is 0. The number of hydrogen-bond acceptors (Lipinski definition) is 4. The minimum Gasteiger partial charge on any atom is -0.486 e. The number of H-pyrrole nitrogens is 1. The first-order valence-electron chi connectivity index (χ1n) is 7.80. The summed E-state index contributed by atoms with van der Waals surface area (Å²) in [6.07, 6.45) is 3.50. The molecule has 24 heavy (non-hydrogen) atoms. The molecule has 1 amide bonds. The molecule has 7 heteroatoms. The molecule has 0 radical (unpaired) electrons. The molecule has 2 N–H and O–H groups in total. The van der Waals surface area contributed by atoms with Gasteiger partial charge in [0, 0.05) is 34.6 Å². The molecular formula is C17H16ClN3O3. The monoisotopic (exact) mass is 345 g/mol. The molecule has 0 bridgehead atoms. The third kappa shape index (κ3) is 3.23. The molecule has 6 nitrogen and oxygen atoms in total. The van der Waals surface area contributed by atoms with Crippen LogP contribution in [0, 0.1) is 5.92 Å². The van der Waals surface area contributed by atoms with Gasteiger partial charge >= 0.3 is 0 Å². The van der Waals surface area contributed by atoms with Gasteiger partial charge in [0.15, 0.2) is 0 Å². The van der Waals surface area contributed by atoms with E-state index in [1.54, 1.807) is 6.07 Å². The second-order valence-corrected chi connectivity index (χ2v) is 6.34. The number of rotatable bonds is 6. The first-order valence-corrected chi connectivity index (χ1v) is 8.18. The van der Waals surface area contributed by atoms with Crippen LogP contribution in [0.25, 0.3) is 10.9 Å². The van der Waals surface area contributed by atoms with E-state index < -0.39 is 0 Å². The molecular weight excluding hydrogens is 330 g/mol. The van der Waals surface area contributed by atoms with Crippen LogP contribution < -0.4 is 10.1 Å². The molecule has 2 aromatic heterocycles. The summed E-state index contributed by atoms with van der Waals surface area (Å²) in [6, 6.07) is 7.42. The fourth-order valence-corrected chi connectivity index (χ4v) is 2.76. The number of hydrogen-bond donors (Lipinski definition) is 2. The van der Waals surface area contributed by atoms with Crippen LogP contribution in [0.4, 0.5) is 0 Å². The van der Waals surface area contributed by atoms with Crippen LogP contribution in [0.2, 0.25) is 5.02 Å². The Morgan fingerprint density at radius 2 is 2.29 bits per heavy atom. The van der Waals surface area contributed by atoms with Crippen molar-refractivity contribution in [2.75, 3.05) is 0 Å². The third-order valence-corrected chi connectivity index (χ3v) is 4.29. The van der Waals surface area contributed by atoms with E-state index in [1.165, 1.54) is 6.26 Å². The number of carbonyl (C=O) groups is 1. The lowest BCUT2D eigenvalue weighted by Crippen LogP contribution is -2.24. The Hall–Kier alpha value is -2.47. The predicted octanol–water partition coefficient (Wildman–Crippen LogP) is 3.41. The average Bonchev–Trinajstić information content (AvgIpc) is 3.15. The summed E-state index contributed by atoms with van der Waals surface area (Å²) in [5.74, 6) is 0.909. The van der Waals surface area contributed by atoms with E-state index in [0.29, 0.717) is 23.0 Å². The minimum absolute atomic E-state index is 0.128. The predicted molar refractivity (Wildman–Crippen MR) is 88.7 cm³/mol. The van der Waals surface area contributed by atoms with Gasteiger partial charge in [0.2, 0.25) is 5.91 Å². The Balaban J connectivity index is 1.47. The average molecular weight is 346 g/mol. The van der Waals surface area contributed by atoms with Gasteiger partial charge in [0.25, 0.3) is 0 Å². The van der Waals surface area contributed by atoms with Crippen LogP contribution in [0.1, 0.15) is 24.2 Å². The standard InChI is InChI=1S/C17H16ClN3O3/c18-14-6-11-5-13(8-19-17(22)10-1-2-10)20-15(11)7-16(14)23-9-12-3-4-24-21-12/h3-7,10,20H,1-2,8-9H2,(H,19,22). The van der Waals surface area contributed by atoms with Gasteiger partial charge in [-0.2, -0.15) is 0 Å². The van der Waals surface area contributed by atoms with E-state index >= 15 is 0 Å². The highest BCUT2D eigenvalue weighted by molar-refractivity contribution is 6.32. The minimum atomic E-state index is 0.128. The van der Waals surface area contributed by atoms with Crippen molar-refractivity contribution in [1.82, 2.24) is 15.5 Å². The second-order valence-electron chi connectivity index (χ2n) is 5.94. The number of carbonyl (C=O) groups excluding carboxylic acids is 1. The summed E-state index contributed by atoms with van der Waals surface area (Å²) in [6.45, 7) is 0.767. The zero-order valence-corrected chi connectivity index (χ0v) is 13.6. The fraction of sp³-hybridized carbons (Fsp3) is 0.294. The van der Waals surface area contributed by atoms with E-state index in [0.717, 1.165) is 29.4 Å². The maximum absolute atomic E-state index is 11.7. The van der Waals surface area contributed by atoms with Crippen molar-refractivity contribution in [3.8, 4) is 5.75 Å². The van der Waals surface area contributed by atoms with Crippen LogP contribution in [-0.2, 0) is 17.9 Å². The molecule has 4 rings (SSSR count). The Morgan fingerprint density at radius 3 is 3.04 bits per heavy atom. The Bertz CT molecular complexity index is 869. The molecule has 1 aliphatic carbocycles. The number of ether oxygens (including phenoxy) is 1. The number of halogens is 1. The van der Waals surface area contributed by atoms with Gasteiger partial charge in [-0.25, -0.2) is 0 Å². The first-order chi connectivity index (χ1) is 11.7. The quantitative estimate of drug-likeness (QED) is 0.717. The Morgan fingerprint density at radius 1 is 1.42 bits per heavy atom. The van der Waals surface area contributed by atoms with Crippen molar-refractivity contribution in [3.05, 3.63) is 46.9 Å². The summed E-state index contributed by atoms with van der Waals surface area (Å²) in [4.78, 5) is 15.0. The van der Waals surface area contributed by atoms with E-state index in [2.05, 4.69) is 15.5 Å². The molecule has 1 saturated carbocycles. The SMILES string of the molecule is O=C(NCc1cc2cc(Cl)c(OCc3ccon3)cc2[nH]1)C1CC1. The number of aromatic nitrogens is 2. The number of amides is 1. The normalized spacial score (nSPS) is 14.0. The van der Waals surface area contributed by atoms with Crippen LogP contribution in [0.5, 0.6) is 5.75 Å². The molecule has 0 saturated heterocycles. The van der Waals surface area contributed by atoms with E-state index in [4.69, 9.17) is 20.9 Å². The van der Waals surface area contributed by atoms with E-state index in [9.17, 15) is 4.79 Å². The summed E-state index contributed by atoms with van der Waals surface area (Å²) >= 11 is 6.28.